The van der Waals surface area contributed by atoms with Crippen molar-refractivity contribution in [3.05, 3.63) is 0 Å². The lowest BCUT2D eigenvalue weighted by Gasteiger charge is -2.46. The van der Waals surface area contributed by atoms with Gasteiger partial charge in [0.2, 0.25) is 0 Å². The van der Waals surface area contributed by atoms with Crippen molar-refractivity contribution in [2.24, 2.45) is 17.8 Å². The average molecular weight is 380 g/mol. The molecule has 7 atom stereocenters. The highest BCUT2D eigenvalue weighted by molar-refractivity contribution is 5.68. The zero-order chi connectivity index (χ0) is 19.4. The van der Waals surface area contributed by atoms with Crippen LogP contribution in [0.3, 0.4) is 0 Å². The fraction of sp³-hybridized carbons (Fsp3) is 0.941. The van der Waals surface area contributed by atoms with Crippen LogP contribution in [0, 0.1) is 17.8 Å². The van der Waals surface area contributed by atoms with Gasteiger partial charge in [-0.05, 0) is 45.4 Å². The molecule has 3 N–H and O–H groups in total. The number of carbonyl (C=O) groups excluding carboxylic acids is 1. The fourth-order valence-corrected chi connectivity index (χ4v) is 5.00. The van der Waals surface area contributed by atoms with Crippen LogP contribution < -0.4 is 5.32 Å². The predicted molar refractivity (Wildman–Crippen MR) is 86.0 cm³/mol. The molecule has 1 aliphatic heterocycles. The Balaban J connectivity index is 1.74. The van der Waals surface area contributed by atoms with Gasteiger partial charge in [-0.15, -0.1) is 0 Å². The third-order valence-electron chi connectivity index (χ3n) is 5.69. The molecule has 3 fully saturated rings. The van der Waals surface area contributed by atoms with Crippen LogP contribution in [0.2, 0.25) is 0 Å². The minimum Gasteiger partial charge on any atom is -0.444 e. The van der Waals surface area contributed by atoms with Gasteiger partial charge in [0, 0.05) is 24.5 Å². The van der Waals surface area contributed by atoms with Crippen LogP contribution in [-0.4, -0.2) is 63.9 Å². The van der Waals surface area contributed by atoms with Gasteiger partial charge in [-0.2, -0.15) is 13.2 Å². The molecule has 2 aliphatic carbocycles. The quantitative estimate of drug-likeness (QED) is 0.696. The molecule has 3 rings (SSSR count). The van der Waals surface area contributed by atoms with Crippen molar-refractivity contribution in [2.45, 2.75) is 76.2 Å². The maximum atomic E-state index is 12.7. The number of hydrogen-bond donors (Lipinski definition) is 3. The summed E-state index contributed by atoms with van der Waals surface area (Å²) in [6.07, 6.45) is -7.63. The number of hydrogen-bond acceptors (Lipinski definition) is 5. The second-order valence-electron chi connectivity index (χ2n) is 8.82. The van der Waals surface area contributed by atoms with Crippen LogP contribution in [0.1, 0.15) is 40.0 Å². The first-order valence-electron chi connectivity index (χ1n) is 9.04. The fourth-order valence-electron chi connectivity index (χ4n) is 5.00. The van der Waals surface area contributed by atoms with E-state index in [9.17, 15) is 28.2 Å². The lowest BCUT2D eigenvalue weighted by molar-refractivity contribution is -0.188. The zero-order valence-corrected chi connectivity index (χ0v) is 15.2. The normalized spacial score (nSPS) is 38.3. The average Bonchev–Trinajstić information content (AvgIpc) is 2.57. The summed E-state index contributed by atoms with van der Waals surface area (Å²) in [4.78, 5) is 13.5. The molecule has 0 spiro atoms. The van der Waals surface area contributed by atoms with Gasteiger partial charge in [0.05, 0.1) is 12.5 Å². The Labute approximate surface area is 150 Å². The monoisotopic (exact) mass is 380 g/mol. The molecule has 6 nitrogen and oxygen atoms in total. The summed E-state index contributed by atoms with van der Waals surface area (Å²) in [5, 5.41) is 23.6. The first-order chi connectivity index (χ1) is 11.9. The summed E-state index contributed by atoms with van der Waals surface area (Å²) < 4.78 is 43.4. The smallest absolute Gasteiger partial charge is 0.407 e. The number of fused-ring (bicyclic) bond motifs is 2. The van der Waals surface area contributed by atoms with E-state index in [1.807, 2.05) is 0 Å². The Bertz CT molecular complexity index is 551. The Kier molecular flexibility index (Phi) is 4.94. The Morgan fingerprint density at radius 1 is 1.27 bits per heavy atom. The van der Waals surface area contributed by atoms with E-state index in [-0.39, 0.29) is 23.8 Å². The van der Waals surface area contributed by atoms with E-state index in [0.717, 1.165) is 0 Å². The van der Waals surface area contributed by atoms with Crippen molar-refractivity contribution in [1.29, 1.82) is 0 Å². The number of alkyl carbamates (subject to hydrolysis) is 1. The number of amides is 1. The molecule has 0 aromatic carbocycles. The molecule has 3 aliphatic rings. The molecular formula is C17H27F3N2O4. The van der Waals surface area contributed by atoms with Gasteiger partial charge < -0.3 is 20.3 Å². The van der Waals surface area contributed by atoms with Crippen molar-refractivity contribution in [1.82, 2.24) is 10.2 Å². The number of aliphatic hydroxyl groups is 2. The van der Waals surface area contributed by atoms with Crippen molar-refractivity contribution < 1.29 is 32.9 Å². The number of rotatable bonds is 3. The van der Waals surface area contributed by atoms with Gasteiger partial charge in [-0.25, -0.2) is 4.79 Å². The standard InChI is InChI=1S/C17H27F3N2O4/c1-16(2,3)26-15(25)21-12-9-4-8-5-10(12)14(24)13(9)22(7-8)11(23)6-17(18,19)20/h8-14,23-24H,4-7H2,1-3H3,(H,21,25)/t8?,9-,10+,11?,12?,13?,14-/m0/s1. The molecule has 9 heteroatoms. The van der Waals surface area contributed by atoms with Crippen molar-refractivity contribution in [3.63, 3.8) is 0 Å². The Morgan fingerprint density at radius 2 is 1.88 bits per heavy atom. The molecule has 0 radical (unpaired) electrons. The highest BCUT2D eigenvalue weighted by atomic mass is 19.4. The van der Waals surface area contributed by atoms with E-state index >= 15 is 0 Å². The highest BCUT2D eigenvalue weighted by Crippen LogP contribution is 2.51. The molecule has 1 amide bonds. The van der Waals surface area contributed by atoms with E-state index in [1.165, 1.54) is 4.90 Å². The largest absolute Gasteiger partial charge is 0.444 e. The number of likely N-dealkylation sites (tertiary alicyclic amines) is 1. The van der Waals surface area contributed by atoms with E-state index in [2.05, 4.69) is 5.32 Å². The summed E-state index contributed by atoms with van der Waals surface area (Å²) in [6, 6.07) is -0.946. The van der Waals surface area contributed by atoms with Crippen LogP contribution in [0.25, 0.3) is 0 Å². The van der Waals surface area contributed by atoms with Crippen molar-refractivity contribution >= 4 is 6.09 Å². The molecular weight excluding hydrogens is 353 g/mol. The lowest BCUT2D eigenvalue weighted by atomic mass is 9.74. The second kappa shape index (κ2) is 6.53. The number of nitrogens with one attached hydrogen (secondary N) is 1. The molecule has 0 aromatic heterocycles. The maximum Gasteiger partial charge on any atom is 0.407 e. The van der Waals surface area contributed by atoms with E-state index in [4.69, 9.17) is 4.74 Å². The van der Waals surface area contributed by atoms with E-state index in [0.29, 0.717) is 19.4 Å². The van der Waals surface area contributed by atoms with Crippen LogP contribution in [-0.2, 0) is 4.74 Å². The van der Waals surface area contributed by atoms with Gasteiger partial charge in [-0.3, -0.25) is 4.90 Å². The minimum absolute atomic E-state index is 0.109. The topological polar surface area (TPSA) is 82.0 Å². The van der Waals surface area contributed by atoms with Crippen molar-refractivity contribution in [2.75, 3.05) is 6.54 Å². The highest BCUT2D eigenvalue weighted by Gasteiger charge is 2.60. The zero-order valence-electron chi connectivity index (χ0n) is 15.2. The van der Waals surface area contributed by atoms with E-state index < -0.39 is 42.7 Å². The van der Waals surface area contributed by atoms with Crippen LogP contribution in [0.4, 0.5) is 18.0 Å². The first-order valence-corrected chi connectivity index (χ1v) is 9.04. The van der Waals surface area contributed by atoms with Gasteiger partial charge in [0.25, 0.3) is 0 Å². The lowest BCUT2D eigenvalue weighted by Crippen LogP contribution is -2.58. The summed E-state index contributed by atoms with van der Waals surface area (Å²) in [5.41, 5.74) is -0.662. The summed E-state index contributed by atoms with van der Waals surface area (Å²) >= 11 is 0. The summed E-state index contributed by atoms with van der Waals surface area (Å²) in [5.74, 6) is -0.324. The predicted octanol–water partition coefficient (Wildman–Crippen LogP) is 1.85. The number of nitrogens with zero attached hydrogens (tertiary/aromatic N) is 1. The number of piperidine rings is 1. The molecule has 4 unspecified atom stereocenters. The Hall–Kier alpha value is -1.06. The third kappa shape index (κ3) is 3.94. The number of alkyl halides is 3. The number of ether oxygens (including phenoxy) is 1. The van der Waals surface area contributed by atoms with Gasteiger partial charge in [-0.1, -0.05) is 0 Å². The van der Waals surface area contributed by atoms with Gasteiger partial charge in [0.15, 0.2) is 0 Å². The molecule has 1 heterocycles. The molecule has 0 aromatic rings. The van der Waals surface area contributed by atoms with Crippen LogP contribution in [0.15, 0.2) is 0 Å². The van der Waals surface area contributed by atoms with Gasteiger partial charge >= 0.3 is 12.3 Å². The third-order valence-corrected chi connectivity index (χ3v) is 5.69. The molecule has 26 heavy (non-hydrogen) atoms. The first kappa shape index (κ1) is 19.7. The number of carbonyl (C=O) groups is 1. The molecule has 2 saturated carbocycles. The minimum atomic E-state index is -4.48. The van der Waals surface area contributed by atoms with Crippen LogP contribution >= 0.6 is 0 Å². The number of halogens is 3. The summed E-state index contributed by atoms with van der Waals surface area (Å²) in [7, 11) is 0. The number of aliphatic hydroxyl groups excluding tert-OH is 2. The molecule has 1 saturated heterocycles. The van der Waals surface area contributed by atoms with E-state index in [1.54, 1.807) is 20.8 Å². The maximum absolute atomic E-state index is 12.7. The van der Waals surface area contributed by atoms with Crippen molar-refractivity contribution in [3.8, 4) is 0 Å². The van der Waals surface area contributed by atoms with Crippen LogP contribution in [0.5, 0.6) is 0 Å². The molecule has 150 valence electrons. The second-order valence-corrected chi connectivity index (χ2v) is 8.82. The van der Waals surface area contributed by atoms with Gasteiger partial charge in [0.1, 0.15) is 11.8 Å². The Morgan fingerprint density at radius 3 is 2.46 bits per heavy atom. The molecule has 3 bridgehead atoms. The SMILES string of the molecule is CC(C)(C)OC(=O)NC1[C@@H]2CC3C[C@H]1[C@H](O)C2N(C(O)CC(F)(F)F)C3. The summed E-state index contributed by atoms with van der Waals surface area (Å²) in [6.45, 7) is 5.57.